The topological polar surface area (TPSA) is 75.3 Å². The molecule has 1 amide bonds. The number of alkyl halides is 2. The summed E-state index contributed by atoms with van der Waals surface area (Å²) >= 11 is 0. The van der Waals surface area contributed by atoms with E-state index < -0.39 is 6.43 Å². The van der Waals surface area contributed by atoms with Crippen molar-refractivity contribution in [2.24, 2.45) is 0 Å². The molecule has 0 unspecified atom stereocenters. The molecule has 0 saturated carbocycles. The summed E-state index contributed by atoms with van der Waals surface area (Å²) in [6.07, 6.45) is 4.74. The number of piperidine rings is 1. The maximum atomic E-state index is 13.4. The standard InChI is InChI=1S/C30H35F2N5O/c1-19(15-26-20(2)34-12-9-25(26)24-16-27(28(31)32)29(33)35-17-24)18-37-13-10-22(11-14-37)21-5-7-23(8-6-21)30(38)36(3)4/h5-9,12,15-17,22,28H,10-11,13-14,18H2,1-4H3,(H2,33,35)/b19-15+. The number of benzene rings is 1. The molecule has 0 aliphatic carbocycles. The quantitative estimate of drug-likeness (QED) is 0.417. The summed E-state index contributed by atoms with van der Waals surface area (Å²) in [7, 11) is 3.52. The van der Waals surface area contributed by atoms with E-state index in [-0.39, 0.29) is 17.3 Å². The van der Waals surface area contributed by atoms with Crippen LogP contribution in [0, 0.1) is 6.92 Å². The van der Waals surface area contributed by atoms with E-state index in [9.17, 15) is 13.6 Å². The van der Waals surface area contributed by atoms with Crippen molar-refractivity contribution in [3.8, 4) is 11.1 Å². The number of nitrogens with zero attached hydrogens (tertiary/aromatic N) is 4. The fraction of sp³-hybridized carbons (Fsp3) is 0.367. The minimum absolute atomic E-state index is 0.0164. The van der Waals surface area contributed by atoms with Crippen LogP contribution in [0.1, 0.15) is 64.9 Å². The molecular weight excluding hydrogens is 484 g/mol. The van der Waals surface area contributed by atoms with Gasteiger partial charge in [-0.3, -0.25) is 14.7 Å². The average molecular weight is 520 g/mol. The molecule has 200 valence electrons. The molecule has 8 heteroatoms. The highest BCUT2D eigenvalue weighted by molar-refractivity contribution is 5.93. The number of carbonyl (C=O) groups excluding carboxylic acids is 1. The summed E-state index contributed by atoms with van der Waals surface area (Å²) in [6, 6.07) is 11.3. The van der Waals surface area contributed by atoms with Gasteiger partial charge < -0.3 is 10.6 Å². The smallest absolute Gasteiger partial charge is 0.267 e. The van der Waals surface area contributed by atoms with Gasteiger partial charge in [0.05, 0.1) is 5.56 Å². The minimum atomic E-state index is -2.69. The lowest BCUT2D eigenvalue weighted by Crippen LogP contribution is -2.34. The Bertz CT molecular complexity index is 1310. The number of aryl methyl sites for hydroxylation is 1. The molecule has 1 aliphatic heterocycles. The second-order valence-electron chi connectivity index (χ2n) is 10.2. The van der Waals surface area contributed by atoms with E-state index in [2.05, 4.69) is 40.0 Å². The van der Waals surface area contributed by atoms with E-state index in [4.69, 9.17) is 5.73 Å². The highest BCUT2D eigenvalue weighted by Gasteiger charge is 2.21. The molecule has 1 aliphatic rings. The molecular formula is C30H35F2N5O. The molecule has 0 bridgehead atoms. The number of carbonyl (C=O) groups is 1. The van der Waals surface area contributed by atoms with Gasteiger partial charge in [0, 0.05) is 55.4 Å². The lowest BCUT2D eigenvalue weighted by molar-refractivity contribution is 0.0827. The van der Waals surface area contributed by atoms with Crippen LogP contribution in [0.15, 0.2) is 54.4 Å². The van der Waals surface area contributed by atoms with Crippen molar-refractivity contribution < 1.29 is 13.6 Å². The number of hydrogen-bond donors (Lipinski definition) is 1. The van der Waals surface area contributed by atoms with Crippen LogP contribution in [-0.4, -0.2) is 59.4 Å². The molecule has 6 nitrogen and oxygen atoms in total. The highest BCUT2D eigenvalue weighted by Crippen LogP contribution is 2.33. The molecule has 3 heterocycles. The number of hydrogen-bond acceptors (Lipinski definition) is 5. The third kappa shape index (κ3) is 6.25. The highest BCUT2D eigenvalue weighted by atomic mass is 19.3. The first-order valence-electron chi connectivity index (χ1n) is 12.8. The minimum Gasteiger partial charge on any atom is -0.383 e. The number of rotatable bonds is 7. The van der Waals surface area contributed by atoms with Gasteiger partial charge in [-0.15, -0.1) is 0 Å². The SMILES string of the molecule is C/C(=C\c1c(-c2cnc(N)c(C(F)F)c2)ccnc1C)CN1CCC(c2ccc(C(=O)N(C)C)cc2)CC1. The largest absolute Gasteiger partial charge is 0.383 e. The van der Waals surface area contributed by atoms with Gasteiger partial charge >= 0.3 is 0 Å². The Hall–Kier alpha value is -3.65. The summed E-state index contributed by atoms with van der Waals surface area (Å²) in [6.45, 7) is 6.79. The average Bonchev–Trinajstić information content (AvgIpc) is 2.90. The molecule has 0 atom stereocenters. The van der Waals surface area contributed by atoms with Crippen LogP contribution in [0.2, 0.25) is 0 Å². The summed E-state index contributed by atoms with van der Waals surface area (Å²) in [5.41, 5.74) is 11.7. The molecule has 38 heavy (non-hydrogen) atoms. The van der Waals surface area contributed by atoms with Crippen LogP contribution in [0.4, 0.5) is 14.6 Å². The van der Waals surface area contributed by atoms with Gasteiger partial charge in [0.15, 0.2) is 0 Å². The Kier molecular flexibility index (Phi) is 8.52. The fourth-order valence-corrected chi connectivity index (χ4v) is 5.05. The Labute approximate surface area is 223 Å². The fourth-order valence-electron chi connectivity index (χ4n) is 5.05. The van der Waals surface area contributed by atoms with Crippen LogP contribution >= 0.6 is 0 Å². The Morgan fingerprint density at radius 2 is 1.84 bits per heavy atom. The normalized spacial score (nSPS) is 15.2. The van der Waals surface area contributed by atoms with E-state index in [1.807, 2.05) is 25.1 Å². The van der Waals surface area contributed by atoms with Gasteiger partial charge in [0.1, 0.15) is 5.82 Å². The third-order valence-corrected chi connectivity index (χ3v) is 7.17. The second-order valence-corrected chi connectivity index (χ2v) is 10.2. The molecule has 1 fully saturated rings. The Morgan fingerprint density at radius 3 is 2.47 bits per heavy atom. The monoisotopic (exact) mass is 519 g/mol. The van der Waals surface area contributed by atoms with Crippen molar-refractivity contribution in [3.05, 3.63) is 82.3 Å². The zero-order valence-corrected chi connectivity index (χ0v) is 22.4. The number of nitrogens with two attached hydrogens (primary N) is 1. The van der Waals surface area contributed by atoms with Gasteiger partial charge in [0.25, 0.3) is 12.3 Å². The molecule has 0 radical (unpaired) electrons. The third-order valence-electron chi connectivity index (χ3n) is 7.17. The van der Waals surface area contributed by atoms with Crippen molar-refractivity contribution >= 4 is 17.8 Å². The van der Waals surface area contributed by atoms with Crippen molar-refractivity contribution in [3.63, 3.8) is 0 Å². The first-order chi connectivity index (χ1) is 18.1. The summed E-state index contributed by atoms with van der Waals surface area (Å²) in [5.74, 6) is 0.347. The summed E-state index contributed by atoms with van der Waals surface area (Å²) in [4.78, 5) is 24.6. The predicted octanol–water partition coefficient (Wildman–Crippen LogP) is 5.96. The number of aromatic nitrogens is 2. The van der Waals surface area contributed by atoms with Crippen LogP contribution in [0.25, 0.3) is 17.2 Å². The van der Waals surface area contributed by atoms with E-state index in [0.717, 1.165) is 49.3 Å². The molecule has 2 N–H and O–H groups in total. The number of pyridine rings is 2. The maximum absolute atomic E-state index is 13.4. The molecule has 3 aromatic rings. The molecule has 4 rings (SSSR count). The molecule has 2 aromatic heterocycles. The summed E-state index contributed by atoms with van der Waals surface area (Å²) in [5, 5.41) is 0. The number of amides is 1. The van der Waals surface area contributed by atoms with Crippen molar-refractivity contribution in [2.45, 2.75) is 39.0 Å². The van der Waals surface area contributed by atoms with Gasteiger partial charge in [-0.25, -0.2) is 13.8 Å². The number of halogens is 2. The van der Waals surface area contributed by atoms with Gasteiger partial charge in [-0.05, 0) is 81.1 Å². The zero-order valence-electron chi connectivity index (χ0n) is 22.4. The molecule has 0 spiro atoms. The molecule has 1 saturated heterocycles. The van der Waals surface area contributed by atoms with Crippen molar-refractivity contribution in [1.29, 1.82) is 0 Å². The Balaban J connectivity index is 1.44. The zero-order chi connectivity index (χ0) is 27.4. The van der Waals surface area contributed by atoms with E-state index in [1.54, 1.807) is 25.2 Å². The van der Waals surface area contributed by atoms with E-state index >= 15 is 0 Å². The maximum Gasteiger partial charge on any atom is 0.267 e. The van der Waals surface area contributed by atoms with E-state index in [0.29, 0.717) is 17.0 Å². The van der Waals surface area contributed by atoms with Crippen LogP contribution < -0.4 is 5.73 Å². The predicted molar refractivity (Wildman–Crippen MR) is 148 cm³/mol. The number of nitrogen functional groups attached to an aromatic ring is 1. The van der Waals surface area contributed by atoms with Crippen LogP contribution in [-0.2, 0) is 0 Å². The molecule has 1 aromatic carbocycles. The van der Waals surface area contributed by atoms with Gasteiger partial charge in [-0.2, -0.15) is 0 Å². The van der Waals surface area contributed by atoms with Gasteiger partial charge in [0.2, 0.25) is 0 Å². The van der Waals surface area contributed by atoms with Crippen molar-refractivity contribution in [1.82, 2.24) is 19.8 Å². The number of likely N-dealkylation sites (tertiary alicyclic amines) is 1. The lowest BCUT2D eigenvalue weighted by Gasteiger charge is -2.32. The second kappa shape index (κ2) is 11.8. The van der Waals surface area contributed by atoms with Crippen LogP contribution in [0.5, 0.6) is 0 Å². The van der Waals surface area contributed by atoms with Crippen LogP contribution in [0.3, 0.4) is 0 Å². The Morgan fingerprint density at radius 1 is 1.16 bits per heavy atom. The number of anilines is 1. The van der Waals surface area contributed by atoms with Gasteiger partial charge in [-0.1, -0.05) is 23.8 Å². The first kappa shape index (κ1) is 27.4. The summed E-state index contributed by atoms with van der Waals surface area (Å²) < 4.78 is 26.8. The van der Waals surface area contributed by atoms with Crippen molar-refractivity contribution in [2.75, 3.05) is 39.5 Å². The lowest BCUT2D eigenvalue weighted by atomic mass is 9.88. The van der Waals surface area contributed by atoms with E-state index in [1.165, 1.54) is 23.4 Å². The first-order valence-corrected chi connectivity index (χ1v) is 12.8.